The Morgan fingerprint density at radius 1 is 0.950 bits per heavy atom. The zero-order valence-corrected chi connectivity index (χ0v) is 11.8. The Labute approximate surface area is 121 Å². The molecular weight excluding hydrogens is 244 g/mol. The molecule has 1 aliphatic rings. The van der Waals surface area contributed by atoms with Crippen LogP contribution in [0.3, 0.4) is 0 Å². The van der Waals surface area contributed by atoms with Crippen LogP contribution in [0.4, 0.5) is 5.69 Å². The average molecular weight is 266 g/mol. The van der Waals surface area contributed by atoms with Crippen molar-refractivity contribution in [2.75, 3.05) is 18.4 Å². The predicted molar refractivity (Wildman–Crippen MR) is 86.0 cm³/mol. The van der Waals surface area contributed by atoms with Crippen LogP contribution in [0.15, 0.2) is 54.6 Å². The SMILES string of the molecule is c1ccc(-c2ccccc2NCC2CCCCN2)cc1. The van der Waals surface area contributed by atoms with Crippen molar-refractivity contribution in [3.63, 3.8) is 0 Å². The average Bonchev–Trinajstić information content (AvgIpc) is 2.55. The van der Waals surface area contributed by atoms with E-state index in [0.717, 1.165) is 13.1 Å². The van der Waals surface area contributed by atoms with Crippen molar-refractivity contribution in [1.29, 1.82) is 0 Å². The lowest BCUT2D eigenvalue weighted by Gasteiger charge is -2.24. The van der Waals surface area contributed by atoms with Gasteiger partial charge < -0.3 is 10.6 Å². The molecule has 2 aromatic carbocycles. The van der Waals surface area contributed by atoms with E-state index in [2.05, 4.69) is 65.2 Å². The molecule has 0 radical (unpaired) electrons. The summed E-state index contributed by atoms with van der Waals surface area (Å²) in [4.78, 5) is 0. The number of hydrogen-bond donors (Lipinski definition) is 2. The van der Waals surface area contributed by atoms with Gasteiger partial charge in [-0.05, 0) is 31.0 Å². The number of piperidine rings is 1. The number of anilines is 1. The first-order valence-electron chi connectivity index (χ1n) is 7.55. The molecule has 0 amide bonds. The predicted octanol–water partition coefficient (Wildman–Crippen LogP) is 3.91. The van der Waals surface area contributed by atoms with Crippen LogP contribution >= 0.6 is 0 Å². The van der Waals surface area contributed by atoms with E-state index in [1.165, 1.54) is 36.1 Å². The van der Waals surface area contributed by atoms with Gasteiger partial charge in [-0.2, -0.15) is 0 Å². The van der Waals surface area contributed by atoms with E-state index < -0.39 is 0 Å². The summed E-state index contributed by atoms with van der Waals surface area (Å²) in [5, 5.41) is 7.21. The van der Waals surface area contributed by atoms with Crippen LogP contribution in [0.1, 0.15) is 19.3 Å². The van der Waals surface area contributed by atoms with Crippen molar-refractivity contribution < 1.29 is 0 Å². The smallest absolute Gasteiger partial charge is 0.0420 e. The van der Waals surface area contributed by atoms with Gasteiger partial charge in [-0.25, -0.2) is 0 Å². The molecule has 0 aromatic heterocycles. The maximum Gasteiger partial charge on any atom is 0.0420 e. The molecule has 1 saturated heterocycles. The number of hydrogen-bond acceptors (Lipinski definition) is 2. The number of nitrogens with one attached hydrogen (secondary N) is 2. The van der Waals surface area contributed by atoms with Crippen LogP contribution in [-0.4, -0.2) is 19.1 Å². The molecule has 2 N–H and O–H groups in total. The monoisotopic (exact) mass is 266 g/mol. The molecule has 3 rings (SSSR count). The molecular formula is C18H22N2. The summed E-state index contributed by atoms with van der Waals surface area (Å²) in [6.07, 6.45) is 3.94. The Balaban J connectivity index is 1.73. The Bertz CT molecular complexity index is 530. The first-order chi connectivity index (χ1) is 9.93. The van der Waals surface area contributed by atoms with E-state index in [0.29, 0.717) is 6.04 Å². The second kappa shape index (κ2) is 6.58. The fourth-order valence-electron chi connectivity index (χ4n) is 2.84. The molecule has 1 fully saturated rings. The fraction of sp³-hybridized carbons (Fsp3) is 0.333. The van der Waals surface area contributed by atoms with Crippen molar-refractivity contribution in [2.24, 2.45) is 0 Å². The van der Waals surface area contributed by atoms with Gasteiger partial charge in [-0.15, -0.1) is 0 Å². The van der Waals surface area contributed by atoms with Gasteiger partial charge in [0.05, 0.1) is 0 Å². The Morgan fingerprint density at radius 3 is 2.55 bits per heavy atom. The van der Waals surface area contributed by atoms with Gasteiger partial charge in [0.25, 0.3) is 0 Å². The van der Waals surface area contributed by atoms with E-state index in [4.69, 9.17) is 0 Å². The minimum atomic E-state index is 0.604. The molecule has 1 atom stereocenters. The fourth-order valence-corrected chi connectivity index (χ4v) is 2.84. The third kappa shape index (κ3) is 3.20. The van der Waals surface area contributed by atoms with Crippen LogP contribution in [0.25, 0.3) is 11.1 Å². The quantitative estimate of drug-likeness (QED) is 0.876. The molecule has 0 aliphatic carbocycles. The van der Waals surface area contributed by atoms with Crippen molar-refractivity contribution in [3.8, 4) is 11.1 Å². The van der Waals surface area contributed by atoms with Gasteiger partial charge in [-0.3, -0.25) is 0 Å². The van der Waals surface area contributed by atoms with Gasteiger partial charge in [0.1, 0.15) is 0 Å². The summed E-state index contributed by atoms with van der Waals surface area (Å²) in [5.74, 6) is 0. The minimum absolute atomic E-state index is 0.604. The van der Waals surface area contributed by atoms with Crippen LogP contribution in [0.2, 0.25) is 0 Å². The summed E-state index contributed by atoms with van der Waals surface area (Å²) >= 11 is 0. The normalized spacial score (nSPS) is 18.7. The summed E-state index contributed by atoms with van der Waals surface area (Å²) < 4.78 is 0. The molecule has 1 unspecified atom stereocenters. The topological polar surface area (TPSA) is 24.1 Å². The standard InChI is InChI=1S/C18H22N2/c1-2-8-15(9-3-1)17-11-4-5-12-18(17)20-14-16-10-6-7-13-19-16/h1-5,8-9,11-12,16,19-20H,6-7,10,13-14H2. The van der Waals surface area contributed by atoms with E-state index in [1.807, 2.05) is 0 Å². The molecule has 104 valence electrons. The van der Waals surface area contributed by atoms with Crippen LogP contribution in [0, 0.1) is 0 Å². The lowest BCUT2D eigenvalue weighted by Crippen LogP contribution is -2.39. The third-order valence-corrected chi connectivity index (χ3v) is 3.96. The Hall–Kier alpha value is -1.80. The van der Waals surface area contributed by atoms with E-state index in [-0.39, 0.29) is 0 Å². The number of rotatable bonds is 4. The lowest BCUT2D eigenvalue weighted by atomic mass is 10.0. The zero-order valence-electron chi connectivity index (χ0n) is 11.8. The Kier molecular flexibility index (Phi) is 4.34. The first kappa shape index (κ1) is 13.2. The van der Waals surface area contributed by atoms with E-state index >= 15 is 0 Å². The summed E-state index contributed by atoms with van der Waals surface area (Å²) in [6.45, 7) is 2.16. The van der Waals surface area contributed by atoms with Crippen LogP contribution < -0.4 is 10.6 Å². The number of benzene rings is 2. The van der Waals surface area contributed by atoms with Crippen molar-refractivity contribution in [1.82, 2.24) is 5.32 Å². The molecule has 0 bridgehead atoms. The second-order valence-corrected chi connectivity index (χ2v) is 5.44. The minimum Gasteiger partial charge on any atom is -0.383 e. The van der Waals surface area contributed by atoms with Crippen LogP contribution in [-0.2, 0) is 0 Å². The van der Waals surface area contributed by atoms with Gasteiger partial charge in [0.2, 0.25) is 0 Å². The second-order valence-electron chi connectivity index (χ2n) is 5.44. The third-order valence-electron chi connectivity index (χ3n) is 3.96. The van der Waals surface area contributed by atoms with Crippen molar-refractivity contribution in [2.45, 2.75) is 25.3 Å². The largest absolute Gasteiger partial charge is 0.383 e. The highest BCUT2D eigenvalue weighted by Gasteiger charge is 2.12. The van der Waals surface area contributed by atoms with E-state index in [1.54, 1.807) is 0 Å². The molecule has 1 heterocycles. The molecule has 0 saturated carbocycles. The molecule has 2 heteroatoms. The lowest BCUT2D eigenvalue weighted by molar-refractivity contribution is 0.414. The van der Waals surface area contributed by atoms with Gasteiger partial charge in [-0.1, -0.05) is 55.0 Å². The van der Waals surface area contributed by atoms with Crippen molar-refractivity contribution in [3.05, 3.63) is 54.6 Å². The highest BCUT2D eigenvalue weighted by molar-refractivity contribution is 5.77. The van der Waals surface area contributed by atoms with Crippen molar-refractivity contribution >= 4 is 5.69 Å². The summed E-state index contributed by atoms with van der Waals surface area (Å²) in [5.41, 5.74) is 3.78. The first-order valence-corrected chi connectivity index (χ1v) is 7.55. The molecule has 1 aliphatic heterocycles. The van der Waals surface area contributed by atoms with Crippen LogP contribution in [0.5, 0.6) is 0 Å². The van der Waals surface area contributed by atoms with E-state index in [9.17, 15) is 0 Å². The number of para-hydroxylation sites is 1. The maximum atomic E-state index is 3.62. The highest BCUT2D eigenvalue weighted by Crippen LogP contribution is 2.27. The van der Waals surface area contributed by atoms with Gasteiger partial charge in [0.15, 0.2) is 0 Å². The maximum absolute atomic E-state index is 3.62. The summed E-state index contributed by atoms with van der Waals surface area (Å²) in [6, 6.07) is 19.7. The van der Waals surface area contributed by atoms with Gasteiger partial charge >= 0.3 is 0 Å². The summed E-state index contributed by atoms with van der Waals surface area (Å²) in [7, 11) is 0. The molecule has 0 spiro atoms. The zero-order chi connectivity index (χ0) is 13.6. The van der Waals surface area contributed by atoms with Gasteiger partial charge in [0, 0.05) is 23.8 Å². The Morgan fingerprint density at radius 2 is 1.75 bits per heavy atom. The molecule has 20 heavy (non-hydrogen) atoms. The molecule has 2 aromatic rings. The molecule has 2 nitrogen and oxygen atoms in total. The highest BCUT2D eigenvalue weighted by atomic mass is 15.0.